The summed E-state index contributed by atoms with van der Waals surface area (Å²) in [6.45, 7) is 10.3. The quantitative estimate of drug-likeness (QED) is 0.528. The molecule has 1 aromatic carbocycles. The van der Waals surface area contributed by atoms with Crippen LogP contribution < -0.4 is 0 Å². The maximum absolute atomic E-state index is 11.4. The Balaban J connectivity index is 1.48. The highest BCUT2D eigenvalue weighted by molar-refractivity contribution is 6.31. The van der Waals surface area contributed by atoms with Gasteiger partial charge in [-0.15, -0.1) is 0 Å². The van der Waals surface area contributed by atoms with Crippen molar-refractivity contribution in [1.29, 1.82) is 0 Å². The molecule has 1 aliphatic rings. The van der Waals surface area contributed by atoms with Crippen LogP contribution >= 0.6 is 23.2 Å². The van der Waals surface area contributed by atoms with Crippen LogP contribution in [-0.2, 0) is 0 Å². The number of nitrogens with one attached hydrogen (secondary N) is 1. The van der Waals surface area contributed by atoms with Crippen LogP contribution in [-0.4, -0.2) is 38.3 Å². The molecule has 0 bridgehead atoms. The van der Waals surface area contributed by atoms with Crippen LogP contribution in [0.5, 0.6) is 0 Å². The molecule has 2 N–H and O–H groups in total. The van der Waals surface area contributed by atoms with E-state index in [2.05, 4.69) is 40.5 Å². The number of nitrogens with zero attached hydrogens (tertiary/aromatic N) is 3. The lowest BCUT2D eigenvalue weighted by molar-refractivity contribution is -0.0131. The minimum absolute atomic E-state index is 0.325. The van der Waals surface area contributed by atoms with E-state index in [1.54, 1.807) is 12.4 Å². The Morgan fingerprint density at radius 1 is 1.20 bits per heavy atom. The molecule has 7 heteroatoms. The lowest BCUT2D eigenvalue weighted by atomic mass is 9.68. The van der Waals surface area contributed by atoms with E-state index in [-0.39, 0.29) is 5.41 Å². The number of hydrogen-bond acceptors (Lipinski definition) is 4. The van der Waals surface area contributed by atoms with Gasteiger partial charge in [-0.05, 0) is 48.4 Å². The molecular weight excluding hydrogens is 419 g/mol. The van der Waals surface area contributed by atoms with E-state index in [9.17, 15) is 5.11 Å². The van der Waals surface area contributed by atoms with Gasteiger partial charge in [-0.3, -0.25) is 10.1 Å². The molecule has 5 nitrogen and oxygen atoms in total. The van der Waals surface area contributed by atoms with Crippen molar-refractivity contribution in [3.05, 3.63) is 64.5 Å². The average molecular weight is 445 g/mol. The molecule has 0 radical (unpaired) electrons. The number of aliphatic hydroxyl groups excluding tert-OH is 1. The van der Waals surface area contributed by atoms with Crippen molar-refractivity contribution in [1.82, 2.24) is 20.1 Å². The molecule has 3 aromatic rings. The van der Waals surface area contributed by atoms with Crippen molar-refractivity contribution >= 4 is 39.8 Å². The third kappa shape index (κ3) is 3.94. The summed E-state index contributed by atoms with van der Waals surface area (Å²) >= 11 is 12.2. The van der Waals surface area contributed by atoms with Gasteiger partial charge >= 0.3 is 0 Å². The fourth-order valence-electron chi connectivity index (χ4n) is 4.49. The van der Waals surface area contributed by atoms with E-state index in [1.165, 1.54) is 0 Å². The van der Waals surface area contributed by atoms with Crippen molar-refractivity contribution in [2.75, 3.05) is 13.1 Å². The number of hydrogen-bond donors (Lipinski definition) is 2. The summed E-state index contributed by atoms with van der Waals surface area (Å²) in [4.78, 5) is 6.65. The van der Waals surface area contributed by atoms with Crippen LogP contribution in [0.15, 0.2) is 43.2 Å². The Morgan fingerprint density at radius 3 is 2.60 bits per heavy atom. The van der Waals surface area contributed by atoms with E-state index in [1.807, 2.05) is 24.3 Å². The molecule has 0 spiro atoms. The zero-order chi connectivity index (χ0) is 21.5. The SMILES string of the molecule is C=C(c1ccc(Cl)cn1)N1CCC(C(C)(C)[C@H](O)c2cc(Cl)cc3cn[nH]c23)CC1. The molecule has 1 fully saturated rings. The number of benzene rings is 1. The summed E-state index contributed by atoms with van der Waals surface area (Å²) in [5.41, 5.74) is 3.08. The summed E-state index contributed by atoms with van der Waals surface area (Å²) in [6.07, 6.45) is 4.65. The molecule has 4 rings (SSSR count). The molecule has 0 saturated carbocycles. The predicted octanol–water partition coefficient (Wildman–Crippen LogP) is 5.71. The second-order valence-electron chi connectivity index (χ2n) is 8.62. The van der Waals surface area contributed by atoms with Crippen LogP contribution in [0.2, 0.25) is 10.0 Å². The van der Waals surface area contributed by atoms with Crippen molar-refractivity contribution in [3.63, 3.8) is 0 Å². The average Bonchev–Trinajstić information content (AvgIpc) is 3.21. The van der Waals surface area contributed by atoms with Gasteiger partial charge in [0.05, 0.1) is 34.2 Å². The number of H-pyrrole nitrogens is 1. The van der Waals surface area contributed by atoms with Crippen molar-refractivity contribution in [2.24, 2.45) is 11.3 Å². The number of piperidine rings is 1. The largest absolute Gasteiger partial charge is 0.388 e. The minimum Gasteiger partial charge on any atom is -0.388 e. The highest BCUT2D eigenvalue weighted by Crippen LogP contribution is 2.46. The van der Waals surface area contributed by atoms with Crippen LogP contribution in [0, 0.1) is 11.3 Å². The number of aromatic nitrogens is 3. The minimum atomic E-state index is -0.656. The molecule has 158 valence electrons. The van der Waals surface area contributed by atoms with Crippen molar-refractivity contribution < 1.29 is 5.11 Å². The normalized spacial score (nSPS) is 16.8. The number of rotatable bonds is 5. The monoisotopic (exact) mass is 444 g/mol. The topological polar surface area (TPSA) is 65.0 Å². The molecule has 1 saturated heterocycles. The summed E-state index contributed by atoms with van der Waals surface area (Å²) in [5.74, 6) is 0.353. The van der Waals surface area contributed by atoms with Crippen molar-refractivity contribution in [3.8, 4) is 0 Å². The fourth-order valence-corrected chi connectivity index (χ4v) is 4.84. The number of halogens is 2. The lowest BCUT2D eigenvalue weighted by Gasteiger charge is -2.44. The number of likely N-dealkylation sites (tertiary alicyclic amines) is 1. The van der Waals surface area contributed by atoms with Gasteiger partial charge in [-0.25, -0.2) is 0 Å². The predicted molar refractivity (Wildman–Crippen MR) is 122 cm³/mol. The van der Waals surface area contributed by atoms with E-state index >= 15 is 0 Å². The Hall–Kier alpha value is -2.08. The molecule has 1 atom stereocenters. The van der Waals surface area contributed by atoms with E-state index in [0.29, 0.717) is 16.0 Å². The van der Waals surface area contributed by atoms with Crippen LogP contribution in [0.1, 0.15) is 44.1 Å². The number of fused-ring (bicyclic) bond motifs is 1. The van der Waals surface area contributed by atoms with E-state index in [0.717, 1.165) is 53.8 Å². The first-order valence-corrected chi connectivity index (χ1v) is 10.9. The standard InChI is InChI=1S/C23H26Cl2N4O/c1-14(20-5-4-17(24)13-26-20)29-8-6-16(7-9-29)23(2,3)22(30)19-11-18(25)10-15-12-27-28-21(15)19/h4-5,10-13,16,22,30H,1,6-9H2,2-3H3,(H,27,28)/t22-/m1/s1. The van der Waals surface area contributed by atoms with Crippen LogP contribution in [0.3, 0.4) is 0 Å². The first kappa shape index (κ1) is 21.2. The molecule has 30 heavy (non-hydrogen) atoms. The Bertz CT molecular complexity index is 1050. The summed E-state index contributed by atoms with van der Waals surface area (Å²) < 4.78 is 0. The molecule has 3 heterocycles. The van der Waals surface area contributed by atoms with Gasteiger partial charge < -0.3 is 10.0 Å². The van der Waals surface area contributed by atoms with Gasteiger partial charge in [-0.2, -0.15) is 5.10 Å². The smallest absolute Gasteiger partial charge is 0.0864 e. The Kier molecular flexibility index (Phi) is 5.80. The zero-order valence-corrected chi connectivity index (χ0v) is 18.7. The van der Waals surface area contributed by atoms with E-state index in [4.69, 9.17) is 23.2 Å². The lowest BCUT2D eigenvalue weighted by Crippen LogP contribution is -2.40. The molecule has 0 aliphatic carbocycles. The first-order valence-electron chi connectivity index (χ1n) is 10.1. The fraction of sp³-hybridized carbons (Fsp3) is 0.391. The molecule has 0 unspecified atom stereocenters. The Labute approximate surface area is 186 Å². The zero-order valence-electron chi connectivity index (χ0n) is 17.2. The maximum atomic E-state index is 11.4. The van der Waals surface area contributed by atoms with E-state index < -0.39 is 6.10 Å². The first-order chi connectivity index (χ1) is 14.3. The summed E-state index contributed by atoms with van der Waals surface area (Å²) in [7, 11) is 0. The second kappa shape index (κ2) is 8.22. The van der Waals surface area contributed by atoms with Crippen LogP contribution in [0.4, 0.5) is 0 Å². The van der Waals surface area contributed by atoms with Crippen LogP contribution in [0.25, 0.3) is 16.6 Å². The second-order valence-corrected chi connectivity index (χ2v) is 9.50. The number of aliphatic hydroxyl groups is 1. The molecule has 2 aromatic heterocycles. The maximum Gasteiger partial charge on any atom is 0.0864 e. The van der Waals surface area contributed by atoms with Gasteiger partial charge in [-0.1, -0.05) is 43.6 Å². The third-order valence-electron chi connectivity index (χ3n) is 6.50. The third-order valence-corrected chi connectivity index (χ3v) is 6.94. The molecule has 0 amide bonds. The number of aromatic amines is 1. The Morgan fingerprint density at radius 2 is 1.93 bits per heavy atom. The molecular formula is C23H26Cl2N4O. The van der Waals surface area contributed by atoms with Gasteiger partial charge in [0.15, 0.2) is 0 Å². The van der Waals surface area contributed by atoms with Gasteiger partial charge in [0.1, 0.15) is 0 Å². The highest BCUT2D eigenvalue weighted by Gasteiger charge is 2.40. The highest BCUT2D eigenvalue weighted by atomic mass is 35.5. The van der Waals surface area contributed by atoms with Gasteiger partial charge in [0.2, 0.25) is 0 Å². The van der Waals surface area contributed by atoms with Crippen molar-refractivity contribution in [2.45, 2.75) is 32.8 Å². The summed E-state index contributed by atoms with van der Waals surface area (Å²) in [5, 5.41) is 20.6. The number of pyridine rings is 1. The van der Waals surface area contributed by atoms with Gasteiger partial charge in [0.25, 0.3) is 0 Å². The molecule has 1 aliphatic heterocycles. The van der Waals surface area contributed by atoms with Gasteiger partial charge in [0, 0.05) is 35.3 Å². The summed E-state index contributed by atoms with van der Waals surface area (Å²) in [6, 6.07) is 7.44.